The van der Waals surface area contributed by atoms with Crippen molar-refractivity contribution in [1.82, 2.24) is 5.32 Å². The quantitative estimate of drug-likeness (QED) is 0.637. The molecule has 3 rings (SSSR count). The first-order chi connectivity index (χ1) is 13.2. The van der Waals surface area contributed by atoms with Crippen LogP contribution in [0.4, 0.5) is 4.79 Å². The number of rotatable bonds is 9. The molecule has 5 nitrogen and oxygen atoms in total. The van der Waals surface area contributed by atoms with Crippen LogP contribution in [0.2, 0.25) is 0 Å². The second-order valence-corrected chi connectivity index (χ2v) is 6.81. The Morgan fingerprint density at radius 2 is 1.48 bits per heavy atom. The second kappa shape index (κ2) is 9.21. The maximum Gasteiger partial charge on any atom is 0.407 e. The fraction of sp³-hybridized carbons (Fsp3) is 0.364. The predicted molar refractivity (Wildman–Crippen MR) is 104 cm³/mol. The lowest BCUT2D eigenvalue weighted by Crippen LogP contribution is -2.27. The lowest BCUT2D eigenvalue weighted by Gasteiger charge is -2.14. The Balaban J connectivity index is 1.44. The minimum atomic E-state index is -0.758. The molecule has 0 fully saturated rings. The Morgan fingerprint density at radius 3 is 2.11 bits per heavy atom. The standard InChI is InChI=1S/C22H25NO4/c24-21(25)13-3-1-2-8-14-23-22(26)27-15-20-18-11-6-4-9-16(18)17-10-5-7-12-19(17)20/h4-7,9-12,20H,1-3,8,13-15H2,(H,23,26)(H,24,25). The molecule has 0 unspecified atom stereocenters. The fourth-order valence-corrected chi connectivity index (χ4v) is 3.59. The molecule has 0 aromatic heterocycles. The van der Waals surface area contributed by atoms with Crippen LogP contribution in [-0.4, -0.2) is 30.3 Å². The van der Waals surface area contributed by atoms with Gasteiger partial charge in [-0.05, 0) is 35.1 Å². The fourth-order valence-electron chi connectivity index (χ4n) is 3.59. The first-order valence-corrected chi connectivity index (χ1v) is 9.47. The van der Waals surface area contributed by atoms with E-state index in [0.29, 0.717) is 19.6 Å². The normalized spacial score (nSPS) is 12.3. The molecule has 0 saturated heterocycles. The van der Waals surface area contributed by atoms with Crippen molar-refractivity contribution >= 4 is 12.1 Å². The number of aliphatic carboxylic acids is 1. The number of hydrogen-bond acceptors (Lipinski definition) is 3. The molecular weight excluding hydrogens is 342 g/mol. The molecule has 0 radical (unpaired) electrons. The summed E-state index contributed by atoms with van der Waals surface area (Å²) in [6.45, 7) is 0.863. The van der Waals surface area contributed by atoms with Gasteiger partial charge in [-0.1, -0.05) is 61.4 Å². The van der Waals surface area contributed by atoms with E-state index < -0.39 is 12.1 Å². The van der Waals surface area contributed by atoms with Gasteiger partial charge in [-0.15, -0.1) is 0 Å². The number of carbonyl (C=O) groups excluding carboxylic acids is 1. The summed E-state index contributed by atoms with van der Waals surface area (Å²) in [4.78, 5) is 22.4. The number of carbonyl (C=O) groups is 2. The molecule has 0 heterocycles. The van der Waals surface area contributed by atoms with E-state index in [4.69, 9.17) is 9.84 Å². The molecule has 0 atom stereocenters. The third-order valence-corrected chi connectivity index (χ3v) is 4.93. The first-order valence-electron chi connectivity index (χ1n) is 9.47. The summed E-state index contributed by atoms with van der Waals surface area (Å²) in [5.41, 5.74) is 4.82. The van der Waals surface area contributed by atoms with E-state index in [0.717, 1.165) is 19.3 Å². The summed E-state index contributed by atoms with van der Waals surface area (Å²) in [5.74, 6) is -0.689. The van der Waals surface area contributed by atoms with Gasteiger partial charge in [0.2, 0.25) is 0 Å². The van der Waals surface area contributed by atoms with Crippen LogP contribution in [-0.2, 0) is 9.53 Å². The highest BCUT2D eigenvalue weighted by molar-refractivity contribution is 5.79. The number of amides is 1. The maximum atomic E-state index is 12.0. The maximum absolute atomic E-state index is 12.0. The molecule has 1 aliphatic carbocycles. The molecule has 2 aromatic rings. The number of ether oxygens (including phenoxy) is 1. The molecule has 0 spiro atoms. The van der Waals surface area contributed by atoms with Gasteiger partial charge in [0, 0.05) is 18.9 Å². The van der Waals surface area contributed by atoms with E-state index in [1.807, 2.05) is 24.3 Å². The molecule has 1 aliphatic rings. The van der Waals surface area contributed by atoms with Crippen molar-refractivity contribution in [3.8, 4) is 11.1 Å². The number of fused-ring (bicyclic) bond motifs is 3. The van der Waals surface area contributed by atoms with Crippen LogP contribution in [0.25, 0.3) is 11.1 Å². The third kappa shape index (κ3) is 4.88. The van der Waals surface area contributed by atoms with Crippen molar-refractivity contribution in [3.05, 3.63) is 59.7 Å². The van der Waals surface area contributed by atoms with Crippen molar-refractivity contribution < 1.29 is 19.4 Å². The average Bonchev–Trinajstić information content (AvgIpc) is 2.99. The minimum Gasteiger partial charge on any atom is -0.481 e. The highest BCUT2D eigenvalue weighted by Crippen LogP contribution is 2.44. The zero-order valence-corrected chi connectivity index (χ0v) is 15.3. The smallest absolute Gasteiger partial charge is 0.407 e. The molecule has 2 aromatic carbocycles. The number of carboxylic acid groups (broad SMARTS) is 1. The number of benzene rings is 2. The van der Waals surface area contributed by atoms with Gasteiger partial charge in [-0.2, -0.15) is 0 Å². The molecule has 1 amide bonds. The van der Waals surface area contributed by atoms with Gasteiger partial charge in [-0.25, -0.2) is 4.79 Å². The molecule has 0 aliphatic heterocycles. The Hall–Kier alpha value is -2.82. The van der Waals surface area contributed by atoms with Crippen LogP contribution in [0.15, 0.2) is 48.5 Å². The van der Waals surface area contributed by atoms with Gasteiger partial charge >= 0.3 is 12.1 Å². The van der Waals surface area contributed by atoms with E-state index in [1.165, 1.54) is 22.3 Å². The monoisotopic (exact) mass is 367 g/mol. The largest absolute Gasteiger partial charge is 0.481 e. The van der Waals surface area contributed by atoms with Crippen LogP contribution in [0.3, 0.4) is 0 Å². The molecular formula is C22H25NO4. The Kier molecular flexibility index (Phi) is 6.47. The Bertz CT molecular complexity index is 757. The third-order valence-electron chi connectivity index (χ3n) is 4.93. The number of unbranched alkanes of at least 4 members (excludes halogenated alkanes) is 3. The van der Waals surface area contributed by atoms with Crippen molar-refractivity contribution in [2.45, 2.75) is 38.0 Å². The zero-order chi connectivity index (χ0) is 19.1. The predicted octanol–water partition coefficient (Wildman–Crippen LogP) is 4.56. The van der Waals surface area contributed by atoms with Crippen LogP contribution < -0.4 is 5.32 Å². The zero-order valence-electron chi connectivity index (χ0n) is 15.3. The number of carboxylic acids is 1. The second-order valence-electron chi connectivity index (χ2n) is 6.81. The van der Waals surface area contributed by atoms with Crippen molar-refractivity contribution in [2.75, 3.05) is 13.2 Å². The van der Waals surface area contributed by atoms with E-state index in [2.05, 4.69) is 29.6 Å². The van der Waals surface area contributed by atoms with E-state index in [1.54, 1.807) is 0 Å². The van der Waals surface area contributed by atoms with Gasteiger partial charge in [-0.3, -0.25) is 4.79 Å². The Labute approximate surface area is 159 Å². The van der Waals surface area contributed by atoms with Crippen LogP contribution in [0.5, 0.6) is 0 Å². The van der Waals surface area contributed by atoms with E-state index in [9.17, 15) is 9.59 Å². The summed E-state index contributed by atoms with van der Waals surface area (Å²) >= 11 is 0. The average molecular weight is 367 g/mol. The number of hydrogen-bond donors (Lipinski definition) is 2. The van der Waals surface area contributed by atoms with E-state index in [-0.39, 0.29) is 12.3 Å². The molecule has 0 saturated carbocycles. The van der Waals surface area contributed by atoms with Gasteiger partial charge < -0.3 is 15.2 Å². The molecule has 5 heteroatoms. The first kappa shape index (κ1) is 19.0. The topological polar surface area (TPSA) is 75.6 Å². The van der Waals surface area contributed by atoms with E-state index >= 15 is 0 Å². The summed E-state index contributed by atoms with van der Waals surface area (Å²) in [7, 11) is 0. The minimum absolute atomic E-state index is 0.0687. The summed E-state index contributed by atoms with van der Waals surface area (Å²) in [6, 6.07) is 16.5. The van der Waals surface area contributed by atoms with Crippen LogP contribution in [0.1, 0.15) is 49.1 Å². The lowest BCUT2D eigenvalue weighted by molar-refractivity contribution is -0.137. The summed E-state index contributed by atoms with van der Waals surface area (Å²) < 4.78 is 5.47. The lowest BCUT2D eigenvalue weighted by atomic mass is 9.98. The summed E-state index contributed by atoms with van der Waals surface area (Å²) in [6.07, 6.45) is 3.07. The summed E-state index contributed by atoms with van der Waals surface area (Å²) in [5, 5.41) is 11.4. The highest BCUT2D eigenvalue weighted by atomic mass is 16.5. The molecule has 0 bridgehead atoms. The number of alkyl carbamates (subject to hydrolysis) is 1. The van der Waals surface area contributed by atoms with Gasteiger partial charge in [0.1, 0.15) is 6.61 Å². The van der Waals surface area contributed by atoms with Crippen LogP contribution in [0, 0.1) is 0 Å². The molecule has 2 N–H and O–H groups in total. The van der Waals surface area contributed by atoms with Gasteiger partial charge in [0.15, 0.2) is 0 Å². The van der Waals surface area contributed by atoms with Crippen molar-refractivity contribution in [3.63, 3.8) is 0 Å². The van der Waals surface area contributed by atoms with Crippen molar-refractivity contribution in [2.24, 2.45) is 0 Å². The van der Waals surface area contributed by atoms with Gasteiger partial charge in [0.25, 0.3) is 0 Å². The van der Waals surface area contributed by atoms with Gasteiger partial charge in [0.05, 0.1) is 0 Å². The SMILES string of the molecule is O=C(O)CCCCCCNC(=O)OCC1c2ccccc2-c2ccccc21. The highest BCUT2D eigenvalue weighted by Gasteiger charge is 2.28. The Morgan fingerprint density at radius 1 is 0.889 bits per heavy atom. The molecule has 142 valence electrons. The van der Waals surface area contributed by atoms with Crippen molar-refractivity contribution in [1.29, 1.82) is 0 Å². The number of nitrogens with one attached hydrogen (secondary N) is 1. The van der Waals surface area contributed by atoms with Crippen LogP contribution >= 0.6 is 0 Å². The molecule has 27 heavy (non-hydrogen) atoms.